The molecule has 0 amide bonds. The Labute approximate surface area is 81.5 Å². The number of aromatic nitrogens is 2. The largest absolute Gasteiger partial charge is 0.393 e. The highest BCUT2D eigenvalue weighted by Gasteiger charge is 2.15. The number of rotatable bonds is 2. The third-order valence-electron chi connectivity index (χ3n) is 2.24. The molecule has 4 heteroatoms. The van der Waals surface area contributed by atoms with Crippen molar-refractivity contribution in [1.29, 1.82) is 0 Å². The predicted molar refractivity (Wildman–Crippen MR) is 52.0 cm³/mol. The Morgan fingerprint density at radius 2 is 2.29 bits per heavy atom. The summed E-state index contributed by atoms with van der Waals surface area (Å²) in [7, 11) is 0. The van der Waals surface area contributed by atoms with Gasteiger partial charge in [-0.05, 0) is 19.1 Å². The average Bonchev–Trinajstić information content (AvgIpc) is 2.53. The van der Waals surface area contributed by atoms with Gasteiger partial charge in [-0.15, -0.1) is 0 Å². The van der Waals surface area contributed by atoms with Crippen molar-refractivity contribution in [2.45, 2.75) is 13.0 Å². The van der Waals surface area contributed by atoms with Crippen molar-refractivity contribution < 1.29 is 10.2 Å². The summed E-state index contributed by atoms with van der Waals surface area (Å²) < 4.78 is 1.79. The van der Waals surface area contributed by atoms with Crippen LogP contribution in [0.4, 0.5) is 0 Å². The lowest BCUT2D eigenvalue weighted by molar-refractivity contribution is 0.0911. The first-order valence-corrected chi connectivity index (χ1v) is 4.46. The number of pyridine rings is 1. The molecule has 4 nitrogen and oxygen atoms in total. The van der Waals surface area contributed by atoms with Crippen LogP contribution in [0.1, 0.15) is 17.5 Å². The van der Waals surface area contributed by atoms with Gasteiger partial charge >= 0.3 is 0 Å². The highest BCUT2D eigenvalue weighted by atomic mass is 16.3. The maximum Gasteiger partial charge on any atom is 0.137 e. The number of imidazole rings is 1. The topological polar surface area (TPSA) is 57.8 Å². The lowest BCUT2D eigenvalue weighted by Crippen LogP contribution is -2.07. The van der Waals surface area contributed by atoms with E-state index in [1.165, 1.54) is 0 Å². The minimum Gasteiger partial charge on any atom is -0.393 e. The maximum atomic E-state index is 9.59. The van der Waals surface area contributed by atoms with Gasteiger partial charge in [0, 0.05) is 6.20 Å². The molecule has 1 atom stereocenters. The molecule has 0 saturated heterocycles. The molecule has 0 fully saturated rings. The van der Waals surface area contributed by atoms with Gasteiger partial charge in [-0.25, -0.2) is 4.98 Å². The molecule has 2 heterocycles. The van der Waals surface area contributed by atoms with Crippen molar-refractivity contribution in [3.63, 3.8) is 0 Å². The molecule has 2 aromatic rings. The number of aliphatic hydroxyl groups excluding tert-OH is 2. The summed E-state index contributed by atoms with van der Waals surface area (Å²) >= 11 is 0. The molecule has 74 valence electrons. The molecule has 0 aliphatic heterocycles. The lowest BCUT2D eigenvalue weighted by atomic mass is 10.2. The van der Waals surface area contributed by atoms with E-state index in [1.807, 2.05) is 31.3 Å². The third-order valence-corrected chi connectivity index (χ3v) is 2.24. The van der Waals surface area contributed by atoms with E-state index in [9.17, 15) is 5.11 Å². The van der Waals surface area contributed by atoms with E-state index in [0.29, 0.717) is 5.69 Å². The van der Waals surface area contributed by atoms with Crippen LogP contribution in [0.15, 0.2) is 24.4 Å². The summed E-state index contributed by atoms with van der Waals surface area (Å²) in [6, 6.07) is 5.61. The quantitative estimate of drug-likeness (QED) is 0.735. The van der Waals surface area contributed by atoms with Crippen LogP contribution >= 0.6 is 0 Å². The fraction of sp³-hybridized carbons (Fsp3) is 0.300. The van der Waals surface area contributed by atoms with Gasteiger partial charge in [0.15, 0.2) is 0 Å². The summed E-state index contributed by atoms with van der Waals surface area (Å²) in [6.45, 7) is 1.53. The molecule has 2 N–H and O–H groups in total. The SMILES string of the molecule is Cc1nc2ccccn2c1C(O)CO. The van der Waals surface area contributed by atoms with Crippen molar-refractivity contribution in [2.75, 3.05) is 6.61 Å². The smallest absolute Gasteiger partial charge is 0.137 e. The highest BCUT2D eigenvalue weighted by Crippen LogP contribution is 2.18. The van der Waals surface area contributed by atoms with Gasteiger partial charge in [-0.2, -0.15) is 0 Å². The number of hydrogen-bond donors (Lipinski definition) is 2. The second-order valence-corrected chi connectivity index (χ2v) is 3.21. The second-order valence-electron chi connectivity index (χ2n) is 3.21. The van der Waals surface area contributed by atoms with Crippen molar-refractivity contribution in [1.82, 2.24) is 9.38 Å². The molecule has 14 heavy (non-hydrogen) atoms. The van der Waals surface area contributed by atoms with E-state index >= 15 is 0 Å². The zero-order valence-corrected chi connectivity index (χ0v) is 7.88. The Hall–Kier alpha value is -1.39. The van der Waals surface area contributed by atoms with E-state index in [-0.39, 0.29) is 6.61 Å². The molecule has 0 spiro atoms. The van der Waals surface area contributed by atoms with E-state index < -0.39 is 6.10 Å². The summed E-state index contributed by atoms with van der Waals surface area (Å²) in [5.74, 6) is 0. The molecular weight excluding hydrogens is 180 g/mol. The van der Waals surface area contributed by atoms with Crippen LogP contribution in [-0.2, 0) is 0 Å². The summed E-state index contributed by atoms with van der Waals surface area (Å²) in [6.07, 6.45) is 0.955. The number of hydrogen-bond acceptors (Lipinski definition) is 3. The normalized spacial score (nSPS) is 13.4. The molecule has 0 aliphatic rings. The Balaban J connectivity index is 2.67. The number of aryl methyl sites for hydroxylation is 1. The molecular formula is C10H12N2O2. The zero-order valence-electron chi connectivity index (χ0n) is 7.88. The molecule has 0 bridgehead atoms. The first-order chi connectivity index (χ1) is 6.74. The molecule has 0 saturated carbocycles. The summed E-state index contributed by atoms with van der Waals surface area (Å²) in [4.78, 5) is 4.27. The predicted octanol–water partition coefficient (Wildman–Crippen LogP) is 0.668. The Morgan fingerprint density at radius 3 is 3.00 bits per heavy atom. The van der Waals surface area contributed by atoms with Crippen LogP contribution in [0.3, 0.4) is 0 Å². The van der Waals surface area contributed by atoms with E-state index in [4.69, 9.17) is 5.11 Å². The van der Waals surface area contributed by atoms with Gasteiger partial charge in [0.05, 0.1) is 18.0 Å². The molecule has 0 radical (unpaired) electrons. The molecule has 1 unspecified atom stereocenters. The minimum atomic E-state index is -0.868. The van der Waals surface area contributed by atoms with Crippen LogP contribution in [0.2, 0.25) is 0 Å². The van der Waals surface area contributed by atoms with Gasteiger partial charge in [-0.1, -0.05) is 6.07 Å². The van der Waals surface area contributed by atoms with Crippen LogP contribution in [0.5, 0.6) is 0 Å². The fourth-order valence-electron chi connectivity index (χ4n) is 1.62. The minimum absolute atomic E-state index is 0.288. The average molecular weight is 192 g/mol. The van der Waals surface area contributed by atoms with Crippen molar-refractivity contribution in [3.05, 3.63) is 35.8 Å². The first kappa shape index (κ1) is 9.18. The second kappa shape index (κ2) is 3.40. The van der Waals surface area contributed by atoms with Gasteiger partial charge in [0.1, 0.15) is 11.8 Å². The summed E-state index contributed by atoms with van der Waals surface area (Å²) in [5, 5.41) is 18.5. The Morgan fingerprint density at radius 1 is 1.50 bits per heavy atom. The Bertz CT molecular complexity index is 450. The third kappa shape index (κ3) is 1.29. The number of fused-ring (bicyclic) bond motifs is 1. The monoisotopic (exact) mass is 192 g/mol. The van der Waals surface area contributed by atoms with Gasteiger partial charge < -0.3 is 14.6 Å². The molecule has 0 aromatic carbocycles. The van der Waals surface area contributed by atoms with Crippen LogP contribution in [0.25, 0.3) is 5.65 Å². The fourth-order valence-corrected chi connectivity index (χ4v) is 1.62. The van der Waals surface area contributed by atoms with E-state index in [2.05, 4.69) is 4.98 Å². The van der Waals surface area contributed by atoms with Gasteiger partial charge in [0.25, 0.3) is 0 Å². The van der Waals surface area contributed by atoms with Gasteiger partial charge in [0.2, 0.25) is 0 Å². The maximum absolute atomic E-state index is 9.59. The molecule has 0 aliphatic carbocycles. The lowest BCUT2D eigenvalue weighted by Gasteiger charge is -2.07. The van der Waals surface area contributed by atoms with Crippen molar-refractivity contribution in [3.8, 4) is 0 Å². The summed E-state index contributed by atoms with van der Waals surface area (Å²) in [5.41, 5.74) is 2.19. The number of nitrogens with zero attached hydrogens (tertiary/aromatic N) is 2. The van der Waals surface area contributed by atoms with Gasteiger partial charge in [-0.3, -0.25) is 0 Å². The molecule has 2 rings (SSSR count). The zero-order chi connectivity index (χ0) is 10.1. The van der Waals surface area contributed by atoms with Crippen LogP contribution < -0.4 is 0 Å². The van der Waals surface area contributed by atoms with Crippen molar-refractivity contribution >= 4 is 5.65 Å². The van der Waals surface area contributed by atoms with Crippen LogP contribution in [-0.4, -0.2) is 26.2 Å². The standard InChI is InChI=1S/C10H12N2O2/c1-7-10(8(14)6-13)12-5-3-2-4-9(12)11-7/h2-5,8,13-14H,6H2,1H3. The highest BCUT2D eigenvalue weighted by molar-refractivity contribution is 5.43. The van der Waals surface area contributed by atoms with Crippen molar-refractivity contribution in [2.24, 2.45) is 0 Å². The van der Waals surface area contributed by atoms with E-state index in [0.717, 1.165) is 11.3 Å². The first-order valence-electron chi connectivity index (χ1n) is 4.46. The number of aliphatic hydroxyl groups is 2. The van der Waals surface area contributed by atoms with E-state index in [1.54, 1.807) is 4.40 Å². The Kier molecular flexibility index (Phi) is 2.23. The molecule has 2 aromatic heterocycles. The van der Waals surface area contributed by atoms with Crippen LogP contribution in [0, 0.1) is 6.92 Å².